The first-order valence-electron chi connectivity index (χ1n) is 6.10. The summed E-state index contributed by atoms with van der Waals surface area (Å²) in [4.78, 5) is 4.60. The summed E-state index contributed by atoms with van der Waals surface area (Å²) in [6.07, 6.45) is 1.90. The SMILES string of the molecule is Brc1cccc(C=Nc2cccc3ccccc23)c1. The van der Waals surface area contributed by atoms with Crippen molar-refractivity contribution in [3.8, 4) is 0 Å². The molecule has 0 heterocycles. The Bertz CT molecular complexity index is 742. The Morgan fingerprint density at radius 1 is 0.842 bits per heavy atom. The van der Waals surface area contributed by atoms with Crippen molar-refractivity contribution in [3.63, 3.8) is 0 Å². The van der Waals surface area contributed by atoms with Gasteiger partial charge in [0.15, 0.2) is 0 Å². The van der Waals surface area contributed by atoms with Crippen LogP contribution in [0.4, 0.5) is 5.69 Å². The van der Waals surface area contributed by atoms with Crippen molar-refractivity contribution in [2.45, 2.75) is 0 Å². The van der Waals surface area contributed by atoms with Gasteiger partial charge in [0.05, 0.1) is 5.69 Å². The molecule has 3 aromatic carbocycles. The molecule has 92 valence electrons. The average Bonchev–Trinajstić information content (AvgIpc) is 2.45. The molecule has 0 spiro atoms. The normalized spacial score (nSPS) is 11.2. The summed E-state index contributed by atoms with van der Waals surface area (Å²) in [7, 11) is 0. The van der Waals surface area contributed by atoms with Gasteiger partial charge in [0.2, 0.25) is 0 Å². The van der Waals surface area contributed by atoms with Crippen LogP contribution in [0.3, 0.4) is 0 Å². The smallest absolute Gasteiger partial charge is 0.0708 e. The molecule has 0 radical (unpaired) electrons. The van der Waals surface area contributed by atoms with Crippen LogP contribution in [0.5, 0.6) is 0 Å². The topological polar surface area (TPSA) is 12.4 Å². The van der Waals surface area contributed by atoms with Gasteiger partial charge in [-0.3, -0.25) is 4.99 Å². The second-order valence-corrected chi connectivity index (χ2v) is 5.23. The molecule has 0 bridgehead atoms. The molecule has 0 saturated heterocycles. The molecular weight excluding hydrogens is 298 g/mol. The third-order valence-corrected chi connectivity index (χ3v) is 3.46. The number of hydrogen-bond donors (Lipinski definition) is 0. The minimum absolute atomic E-state index is 0.998. The van der Waals surface area contributed by atoms with Crippen LogP contribution in [0.25, 0.3) is 10.8 Å². The molecule has 0 saturated carbocycles. The lowest BCUT2D eigenvalue weighted by Crippen LogP contribution is -1.80. The molecule has 3 rings (SSSR count). The fraction of sp³-hybridized carbons (Fsp3) is 0. The first-order chi connectivity index (χ1) is 9.33. The van der Waals surface area contributed by atoms with E-state index in [1.807, 2.05) is 48.7 Å². The number of nitrogens with zero attached hydrogens (tertiary/aromatic N) is 1. The van der Waals surface area contributed by atoms with Gasteiger partial charge in [-0.05, 0) is 29.1 Å². The van der Waals surface area contributed by atoms with Gasteiger partial charge in [-0.2, -0.15) is 0 Å². The first kappa shape index (κ1) is 12.1. The summed E-state index contributed by atoms with van der Waals surface area (Å²) >= 11 is 3.47. The zero-order valence-corrected chi connectivity index (χ0v) is 11.8. The quantitative estimate of drug-likeness (QED) is 0.566. The van der Waals surface area contributed by atoms with Gasteiger partial charge in [0, 0.05) is 16.1 Å². The molecule has 0 aliphatic carbocycles. The molecular formula is C17H12BrN. The molecule has 1 nitrogen and oxygen atoms in total. The number of hydrogen-bond acceptors (Lipinski definition) is 1. The summed E-state index contributed by atoms with van der Waals surface area (Å²) in [5, 5.41) is 2.39. The maximum atomic E-state index is 4.60. The minimum Gasteiger partial charge on any atom is -0.256 e. The van der Waals surface area contributed by atoms with Crippen LogP contribution in [0, 0.1) is 0 Å². The highest BCUT2D eigenvalue weighted by Crippen LogP contribution is 2.25. The van der Waals surface area contributed by atoms with Crippen molar-refractivity contribution >= 4 is 38.6 Å². The zero-order chi connectivity index (χ0) is 13.1. The minimum atomic E-state index is 0.998. The number of benzene rings is 3. The largest absolute Gasteiger partial charge is 0.256 e. The monoisotopic (exact) mass is 309 g/mol. The number of aliphatic imine (C=N–C) groups is 1. The van der Waals surface area contributed by atoms with Crippen molar-refractivity contribution in [3.05, 3.63) is 76.8 Å². The average molecular weight is 310 g/mol. The first-order valence-corrected chi connectivity index (χ1v) is 6.90. The van der Waals surface area contributed by atoms with Gasteiger partial charge < -0.3 is 0 Å². The summed E-state index contributed by atoms with van der Waals surface area (Å²) in [5.74, 6) is 0. The molecule has 2 heteroatoms. The Balaban J connectivity index is 2.02. The van der Waals surface area contributed by atoms with E-state index in [0.717, 1.165) is 15.7 Å². The summed E-state index contributed by atoms with van der Waals surface area (Å²) in [6.45, 7) is 0. The Morgan fingerprint density at radius 2 is 1.63 bits per heavy atom. The molecule has 0 amide bonds. The second-order valence-electron chi connectivity index (χ2n) is 4.31. The van der Waals surface area contributed by atoms with E-state index in [-0.39, 0.29) is 0 Å². The second kappa shape index (κ2) is 5.37. The molecule has 0 aliphatic rings. The Morgan fingerprint density at radius 3 is 2.53 bits per heavy atom. The molecule has 0 aromatic heterocycles. The van der Waals surface area contributed by atoms with Gasteiger partial charge in [-0.1, -0.05) is 64.5 Å². The summed E-state index contributed by atoms with van der Waals surface area (Å²) in [5.41, 5.74) is 2.08. The van der Waals surface area contributed by atoms with Crippen LogP contribution in [-0.4, -0.2) is 6.21 Å². The van der Waals surface area contributed by atoms with Crippen LogP contribution in [0.15, 0.2) is 76.2 Å². The van der Waals surface area contributed by atoms with Crippen molar-refractivity contribution in [1.82, 2.24) is 0 Å². The van der Waals surface area contributed by atoms with Crippen molar-refractivity contribution in [1.29, 1.82) is 0 Å². The van der Waals surface area contributed by atoms with Gasteiger partial charge in [-0.15, -0.1) is 0 Å². The van der Waals surface area contributed by atoms with E-state index in [1.165, 1.54) is 10.8 Å². The molecule has 3 aromatic rings. The molecule has 0 N–H and O–H groups in total. The van der Waals surface area contributed by atoms with Crippen molar-refractivity contribution in [2.24, 2.45) is 4.99 Å². The summed E-state index contributed by atoms with van der Waals surface area (Å²) in [6, 6.07) is 22.6. The maximum absolute atomic E-state index is 4.60. The van der Waals surface area contributed by atoms with E-state index in [1.54, 1.807) is 0 Å². The number of halogens is 1. The maximum Gasteiger partial charge on any atom is 0.0708 e. The van der Waals surface area contributed by atoms with Gasteiger partial charge >= 0.3 is 0 Å². The predicted molar refractivity (Wildman–Crippen MR) is 85.3 cm³/mol. The van der Waals surface area contributed by atoms with E-state index in [0.29, 0.717) is 0 Å². The summed E-state index contributed by atoms with van der Waals surface area (Å²) < 4.78 is 1.06. The molecule has 0 fully saturated rings. The van der Waals surface area contributed by atoms with E-state index < -0.39 is 0 Å². The lowest BCUT2D eigenvalue weighted by atomic mass is 10.1. The van der Waals surface area contributed by atoms with Crippen LogP contribution in [0.1, 0.15) is 5.56 Å². The van der Waals surface area contributed by atoms with Crippen LogP contribution in [0.2, 0.25) is 0 Å². The highest BCUT2D eigenvalue weighted by molar-refractivity contribution is 9.10. The van der Waals surface area contributed by atoms with Crippen molar-refractivity contribution < 1.29 is 0 Å². The number of rotatable bonds is 2. The predicted octanol–water partition coefficient (Wildman–Crippen LogP) is 5.35. The molecule has 19 heavy (non-hydrogen) atoms. The van der Waals surface area contributed by atoms with Crippen LogP contribution in [-0.2, 0) is 0 Å². The fourth-order valence-electron chi connectivity index (χ4n) is 2.05. The van der Waals surface area contributed by atoms with Gasteiger partial charge in [-0.25, -0.2) is 0 Å². The van der Waals surface area contributed by atoms with E-state index in [4.69, 9.17) is 0 Å². The molecule has 0 aliphatic heterocycles. The molecule has 0 unspecified atom stereocenters. The highest BCUT2D eigenvalue weighted by Gasteiger charge is 1.97. The highest BCUT2D eigenvalue weighted by atomic mass is 79.9. The Labute approximate surface area is 120 Å². The van der Waals surface area contributed by atoms with Crippen LogP contribution >= 0.6 is 15.9 Å². The van der Waals surface area contributed by atoms with E-state index >= 15 is 0 Å². The van der Waals surface area contributed by atoms with Crippen molar-refractivity contribution in [2.75, 3.05) is 0 Å². The Kier molecular flexibility index (Phi) is 3.43. The third kappa shape index (κ3) is 2.74. The molecule has 0 atom stereocenters. The van der Waals surface area contributed by atoms with Gasteiger partial charge in [0.1, 0.15) is 0 Å². The zero-order valence-electron chi connectivity index (χ0n) is 10.3. The van der Waals surface area contributed by atoms with Crippen LogP contribution < -0.4 is 0 Å². The van der Waals surface area contributed by atoms with E-state index in [9.17, 15) is 0 Å². The van der Waals surface area contributed by atoms with E-state index in [2.05, 4.69) is 45.2 Å². The standard InChI is InChI=1S/C17H12BrN/c18-15-8-3-5-13(11-15)12-19-17-10-4-7-14-6-1-2-9-16(14)17/h1-12H. The lowest BCUT2D eigenvalue weighted by Gasteiger charge is -2.01. The fourth-order valence-corrected chi connectivity index (χ4v) is 2.47. The number of fused-ring (bicyclic) bond motifs is 1. The third-order valence-electron chi connectivity index (χ3n) is 2.97. The van der Waals surface area contributed by atoms with Gasteiger partial charge in [0.25, 0.3) is 0 Å². The Hall–Kier alpha value is -1.93. The lowest BCUT2D eigenvalue weighted by molar-refractivity contribution is 1.55.